The van der Waals surface area contributed by atoms with Crippen LogP contribution in [0, 0.1) is 6.92 Å². The molecule has 2 heterocycles. The highest BCUT2D eigenvalue weighted by atomic mass is 16.5. The monoisotopic (exact) mass is 247 g/mol. The van der Waals surface area contributed by atoms with E-state index in [1.54, 1.807) is 20.8 Å². The summed E-state index contributed by atoms with van der Waals surface area (Å²) in [5, 5.41) is 6.51. The van der Waals surface area contributed by atoms with Crippen LogP contribution in [-0.2, 0) is 5.54 Å². The summed E-state index contributed by atoms with van der Waals surface area (Å²) in [6.07, 6.45) is 4.23. The van der Waals surface area contributed by atoms with E-state index in [4.69, 9.17) is 0 Å². The largest absolute Gasteiger partial charge is 0.343 e. The van der Waals surface area contributed by atoms with Crippen molar-refractivity contribution in [1.29, 1.82) is 0 Å². The summed E-state index contributed by atoms with van der Waals surface area (Å²) in [7, 11) is 0. The van der Waals surface area contributed by atoms with E-state index >= 15 is 0 Å². The van der Waals surface area contributed by atoms with E-state index in [1.165, 1.54) is 18.8 Å². The molecule has 0 radical (unpaired) electrons. The van der Waals surface area contributed by atoms with Crippen molar-refractivity contribution in [3.63, 3.8) is 0 Å². The first kappa shape index (κ1) is 12.2. The van der Waals surface area contributed by atoms with Crippen LogP contribution in [0.4, 0.5) is 0 Å². The van der Waals surface area contributed by atoms with Gasteiger partial charge in [0.2, 0.25) is 6.39 Å². The fourth-order valence-electron chi connectivity index (χ4n) is 1.48. The lowest BCUT2D eigenvalue weighted by molar-refractivity contribution is 0.0901. The van der Waals surface area contributed by atoms with Gasteiger partial charge in [-0.15, -0.1) is 0 Å². The van der Waals surface area contributed by atoms with E-state index in [2.05, 4.69) is 29.9 Å². The Balaban J connectivity index is 2.20. The maximum Gasteiger partial charge on any atom is 0.272 e. The van der Waals surface area contributed by atoms with Gasteiger partial charge in [-0.25, -0.2) is 4.98 Å². The molecule has 7 heteroatoms. The predicted octanol–water partition coefficient (Wildman–Crippen LogP) is 0.833. The highest BCUT2D eigenvalue weighted by Crippen LogP contribution is 2.16. The molecule has 0 saturated heterocycles. The van der Waals surface area contributed by atoms with E-state index in [9.17, 15) is 4.79 Å². The Kier molecular flexibility index (Phi) is 3.05. The average Bonchev–Trinajstić information content (AvgIpc) is 2.82. The van der Waals surface area contributed by atoms with Gasteiger partial charge in [0, 0.05) is 12.4 Å². The van der Waals surface area contributed by atoms with Crippen LogP contribution in [0.5, 0.6) is 0 Å². The van der Waals surface area contributed by atoms with E-state index in [0.717, 1.165) is 0 Å². The molecular formula is C11H13N5O2. The molecule has 1 N–H and O–H groups in total. The minimum atomic E-state index is -0.742. The number of amides is 1. The standard InChI is InChI=1S/C11H13N5O2/c1-7-8(13-5-4-12-7)9(17)15-11(2,3)10-14-6-18-16-10/h4-6H,1-3H3,(H,15,17). The van der Waals surface area contributed by atoms with E-state index in [0.29, 0.717) is 11.5 Å². The zero-order valence-electron chi connectivity index (χ0n) is 10.3. The fraction of sp³-hybridized carbons (Fsp3) is 0.364. The van der Waals surface area contributed by atoms with Crippen LogP contribution in [0.2, 0.25) is 0 Å². The summed E-state index contributed by atoms with van der Waals surface area (Å²) in [6, 6.07) is 0. The van der Waals surface area contributed by atoms with Gasteiger partial charge >= 0.3 is 0 Å². The quantitative estimate of drug-likeness (QED) is 0.863. The number of rotatable bonds is 3. The summed E-state index contributed by atoms with van der Waals surface area (Å²) in [5.74, 6) is 0.0767. The van der Waals surface area contributed by atoms with Crippen LogP contribution in [0.3, 0.4) is 0 Å². The molecule has 0 aromatic carbocycles. The number of nitrogens with one attached hydrogen (secondary N) is 1. The summed E-state index contributed by atoms with van der Waals surface area (Å²) in [4.78, 5) is 24.0. The number of aryl methyl sites for hydroxylation is 1. The van der Waals surface area contributed by atoms with Crippen molar-refractivity contribution in [2.24, 2.45) is 0 Å². The Hall–Kier alpha value is -2.31. The second-order valence-corrected chi connectivity index (χ2v) is 4.32. The molecule has 18 heavy (non-hydrogen) atoms. The molecule has 0 aliphatic rings. The van der Waals surface area contributed by atoms with Gasteiger partial charge in [-0.05, 0) is 20.8 Å². The van der Waals surface area contributed by atoms with E-state index in [-0.39, 0.29) is 11.6 Å². The summed E-state index contributed by atoms with van der Waals surface area (Å²) in [5.41, 5.74) is 0.113. The van der Waals surface area contributed by atoms with Crippen molar-refractivity contribution in [2.45, 2.75) is 26.3 Å². The average molecular weight is 247 g/mol. The Morgan fingerprint density at radius 1 is 1.28 bits per heavy atom. The lowest BCUT2D eigenvalue weighted by atomic mass is 10.0. The van der Waals surface area contributed by atoms with Crippen LogP contribution in [0.15, 0.2) is 23.3 Å². The second kappa shape index (κ2) is 4.52. The van der Waals surface area contributed by atoms with Gasteiger partial charge in [0.05, 0.1) is 11.2 Å². The number of carbonyl (C=O) groups is 1. The SMILES string of the molecule is Cc1nccnc1C(=O)NC(C)(C)c1ncon1. The molecule has 2 rings (SSSR count). The number of aromatic nitrogens is 4. The molecule has 0 saturated carbocycles. The van der Waals surface area contributed by atoms with Crippen molar-refractivity contribution in [1.82, 2.24) is 25.4 Å². The first-order valence-corrected chi connectivity index (χ1v) is 5.37. The topological polar surface area (TPSA) is 93.8 Å². The molecule has 0 aliphatic heterocycles. The molecule has 0 atom stereocenters. The van der Waals surface area contributed by atoms with Gasteiger partial charge in [0.1, 0.15) is 5.69 Å². The molecule has 7 nitrogen and oxygen atoms in total. The number of nitrogens with zero attached hydrogens (tertiary/aromatic N) is 4. The molecule has 0 spiro atoms. The Morgan fingerprint density at radius 2 is 2.00 bits per heavy atom. The molecule has 0 unspecified atom stereocenters. The zero-order valence-corrected chi connectivity index (χ0v) is 10.3. The van der Waals surface area contributed by atoms with E-state index < -0.39 is 5.54 Å². The van der Waals surface area contributed by atoms with Crippen LogP contribution in [0.25, 0.3) is 0 Å². The predicted molar refractivity (Wildman–Crippen MR) is 61.6 cm³/mol. The van der Waals surface area contributed by atoms with Crippen LogP contribution >= 0.6 is 0 Å². The van der Waals surface area contributed by atoms with Crippen molar-refractivity contribution in [3.05, 3.63) is 36.0 Å². The third kappa shape index (κ3) is 2.34. The minimum Gasteiger partial charge on any atom is -0.343 e. The normalized spacial score (nSPS) is 11.3. The Morgan fingerprint density at radius 3 is 2.61 bits per heavy atom. The lowest BCUT2D eigenvalue weighted by Gasteiger charge is -2.22. The molecule has 0 bridgehead atoms. The highest BCUT2D eigenvalue weighted by Gasteiger charge is 2.28. The van der Waals surface area contributed by atoms with Crippen molar-refractivity contribution in [2.75, 3.05) is 0 Å². The first-order chi connectivity index (χ1) is 8.50. The molecule has 94 valence electrons. The second-order valence-electron chi connectivity index (χ2n) is 4.32. The van der Waals surface area contributed by atoms with Crippen molar-refractivity contribution >= 4 is 5.91 Å². The fourth-order valence-corrected chi connectivity index (χ4v) is 1.48. The molecular weight excluding hydrogens is 234 g/mol. The third-order valence-corrected chi connectivity index (χ3v) is 2.44. The Labute approximate surface area is 104 Å². The van der Waals surface area contributed by atoms with Crippen LogP contribution in [-0.4, -0.2) is 26.0 Å². The van der Waals surface area contributed by atoms with Crippen LogP contribution < -0.4 is 5.32 Å². The van der Waals surface area contributed by atoms with E-state index in [1.807, 2.05) is 0 Å². The summed E-state index contributed by atoms with van der Waals surface area (Å²) in [6.45, 7) is 5.28. The molecule has 2 aromatic rings. The van der Waals surface area contributed by atoms with Gasteiger partial charge in [-0.3, -0.25) is 9.78 Å². The summed E-state index contributed by atoms with van der Waals surface area (Å²) >= 11 is 0. The Bertz CT molecular complexity index is 550. The van der Waals surface area contributed by atoms with Gasteiger partial charge in [0.15, 0.2) is 5.82 Å². The maximum atomic E-state index is 12.1. The number of hydrogen-bond acceptors (Lipinski definition) is 6. The lowest BCUT2D eigenvalue weighted by Crippen LogP contribution is -2.42. The van der Waals surface area contributed by atoms with Crippen LogP contribution in [0.1, 0.15) is 35.9 Å². The molecule has 0 aliphatic carbocycles. The van der Waals surface area contributed by atoms with Gasteiger partial charge in [-0.1, -0.05) is 5.16 Å². The number of carbonyl (C=O) groups excluding carboxylic acids is 1. The van der Waals surface area contributed by atoms with Gasteiger partial charge < -0.3 is 9.84 Å². The van der Waals surface area contributed by atoms with Crippen molar-refractivity contribution < 1.29 is 9.32 Å². The third-order valence-electron chi connectivity index (χ3n) is 2.44. The maximum absolute atomic E-state index is 12.1. The molecule has 2 aromatic heterocycles. The molecule has 1 amide bonds. The van der Waals surface area contributed by atoms with Crippen molar-refractivity contribution in [3.8, 4) is 0 Å². The molecule has 0 fully saturated rings. The zero-order chi connectivity index (χ0) is 13.2. The minimum absolute atomic E-state index is 0.286. The smallest absolute Gasteiger partial charge is 0.272 e. The first-order valence-electron chi connectivity index (χ1n) is 5.37. The highest BCUT2D eigenvalue weighted by molar-refractivity contribution is 5.93. The number of hydrogen-bond donors (Lipinski definition) is 1. The van der Waals surface area contributed by atoms with Gasteiger partial charge in [0.25, 0.3) is 5.91 Å². The van der Waals surface area contributed by atoms with Gasteiger partial charge in [-0.2, -0.15) is 4.98 Å². The summed E-state index contributed by atoms with van der Waals surface area (Å²) < 4.78 is 4.67.